The van der Waals surface area contributed by atoms with Gasteiger partial charge in [-0.1, -0.05) is 18.7 Å². The van der Waals surface area contributed by atoms with E-state index in [2.05, 4.69) is 11.9 Å². The molecule has 78 valence electrons. The van der Waals surface area contributed by atoms with Crippen molar-refractivity contribution in [3.63, 3.8) is 0 Å². The van der Waals surface area contributed by atoms with Gasteiger partial charge in [0.25, 0.3) is 0 Å². The molecule has 0 aliphatic heterocycles. The molecule has 4 heteroatoms. The summed E-state index contributed by atoms with van der Waals surface area (Å²) in [7, 11) is 0. The van der Waals surface area contributed by atoms with Gasteiger partial charge in [-0.3, -0.25) is 4.79 Å². The maximum absolute atomic E-state index is 10.8. The molecule has 0 bridgehead atoms. The molecule has 2 N–H and O–H groups in total. The smallest absolute Gasteiger partial charge is 0.335 e. The molecule has 4 nitrogen and oxygen atoms in total. The lowest BCUT2D eigenvalue weighted by Crippen LogP contribution is -2.19. The molecule has 0 unspecified atom stereocenters. The molecule has 1 amide bonds. The summed E-state index contributed by atoms with van der Waals surface area (Å²) >= 11 is 0. The first-order chi connectivity index (χ1) is 7.13. The molecule has 1 aromatic carbocycles. The third kappa shape index (κ3) is 3.27. The fourth-order valence-corrected chi connectivity index (χ4v) is 1.03. The number of carbonyl (C=O) groups excluding carboxylic acids is 1. The predicted molar refractivity (Wildman–Crippen MR) is 55.4 cm³/mol. The minimum atomic E-state index is -0.961. The van der Waals surface area contributed by atoms with E-state index >= 15 is 0 Å². The Morgan fingerprint density at radius 2 is 1.93 bits per heavy atom. The van der Waals surface area contributed by atoms with E-state index in [0.717, 1.165) is 5.56 Å². The molecule has 1 aromatic rings. The van der Waals surface area contributed by atoms with Crippen LogP contribution in [0.5, 0.6) is 0 Å². The predicted octanol–water partition coefficient (Wildman–Crippen LogP) is 1.19. The lowest BCUT2D eigenvalue weighted by molar-refractivity contribution is -0.116. The molecule has 0 radical (unpaired) electrons. The quantitative estimate of drug-likeness (QED) is 0.725. The highest BCUT2D eigenvalue weighted by atomic mass is 16.4. The van der Waals surface area contributed by atoms with E-state index in [-0.39, 0.29) is 11.5 Å². The van der Waals surface area contributed by atoms with Gasteiger partial charge in [-0.25, -0.2) is 4.79 Å². The third-order valence-electron chi connectivity index (χ3n) is 1.85. The van der Waals surface area contributed by atoms with Crippen molar-refractivity contribution in [1.29, 1.82) is 0 Å². The van der Waals surface area contributed by atoms with Crippen LogP contribution in [0.1, 0.15) is 15.9 Å². The molecular weight excluding hydrogens is 194 g/mol. The Kier molecular flexibility index (Phi) is 3.62. The summed E-state index contributed by atoms with van der Waals surface area (Å²) in [6.45, 7) is 3.69. The van der Waals surface area contributed by atoms with Gasteiger partial charge < -0.3 is 10.4 Å². The molecular formula is C11H11NO3. The zero-order valence-corrected chi connectivity index (χ0v) is 8.06. The fourth-order valence-electron chi connectivity index (χ4n) is 1.03. The van der Waals surface area contributed by atoms with Crippen molar-refractivity contribution in [1.82, 2.24) is 5.32 Å². The highest BCUT2D eigenvalue weighted by Crippen LogP contribution is 2.03. The van der Waals surface area contributed by atoms with E-state index in [0.29, 0.717) is 6.54 Å². The first-order valence-electron chi connectivity index (χ1n) is 4.36. The summed E-state index contributed by atoms with van der Waals surface area (Å²) in [5.74, 6) is -1.21. The zero-order valence-electron chi connectivity index (χ0n) is 8.06. The topological polar surface area (TPSA) is 66.4 Å². The number of aromatic carboxylic acids is 1. The maximum Gasteiger partial charge on any atom is 0.335 e. The van der Waals surface area contributed by atoms with Crippen LogP contribution < -0.4 is 5.32 Å². The van der Waals surface area contributed by atoms with E-state index in [1.807, 2.05) is 0 Å². The number of carbonyl (C=O) groups is 2. The summed E-state index contributed by atoms with van der Waals surface area (Å²) < 4.78 is 0. The van der Waals surface area contributed by atoms with Gasteiger partial charge >= 0.3 is 5.97 Å². The lowest BCUT2D eigenvalue weighted by Gasteiger charge is -2.02. The number of hydrogen-bond acceptors (Lipinski definition) is 2. The van der Waals surface area contributed by atoms with Crippen molar-refractivity contribution in [3.8, 4) is 0 Å². The first-order valence-corrected chi connectivity index (χ1v) is 4.36. The minimum absolute atomic E-state index is 0.230. The zero-order chi connectivity index (χ0) is 11.3. The molecule has 0 atom stereocenters. The Balaban J connectivity index is 2.60. The largest absolute Gasteiger partial charge is 0.478 e. The molecule has 0 aromatic heterocycles. The van der Waals surface area contributed by atoms with Gasteiger partial charge in [-0.15, -0.1) is 0 Å². The van der Waals surface area contributed by atoms with Gasteiger partial charge in [-0.05, 0) is 23.8 Å². The average Bonchev–Trinajstić information content (AvgIpc) is 2.26. The summed E-state index contributed by atoms with van der Waals surface area (Å²) in [5.41, 5.74) is 1.07. The van der Waals surface area contributed by atoms with Crippen LogP contribution in [0.25, 0.3) is 0 Å². The van der Waals surface area contributed by atoms with Crippen molar-refractivity contribution >= 4 is 11.9 Å². The normalized spacial score (nSPS) is 9.33. The van der Waals surface area contributed by atoms with Crippen LogP contribution in [0.4, 0.5) is 0 Å². The first kappa shape index (κ1) is 11.0. The van der Waals surface area contributed by atoms with Crippen molar-refractivity contribution < 1.29 is 14.7 Å². The Morgan fingerprint density at radius 1 is 1.33 bits per heavy atom. The summed E-state index contributed by atoms with van der Waals surface area (Å²) in [4.78, 5) is 21.4. The molecule has 15 heavy (non-hydrogen) atoms. The number of amides is 1. The van der Waals surface area contributed by atoms with Gasteiger partial charge in [0.2, 0.25) is 5.91 Å². The Morgan fingerprint density at radius 3 is 2.40 bits per heavy atom. The van der Waals surface area contributed by atoms with E-state index < -0.39 is 5.97 Å². The molecule has 0 heterocycles. The van der Waals surface area contributed by atoms with Crippen LogP contribution in [0, 0.1) is 0 Å². The highest BCUT2D eigenvalue weighted by molar-refractivity contribution is 5.88. The van der Waals surface area contributed by atoms with Crippen LogP contribution in [-0.2, 0) is 11.3 Å². The van der Waals surface area contributed by atoms with Crippen molar-refractivity contribution in [2.75, 3.05) is 0 Å². The van der Waals surface area contributed by atoms with E-state index in [1.165, 1.54) is 18.2 Å². The SMILES string of the molecule is C=CC(=O)NCc1ccc(C(=O)O)cc1. The number of carboxylic acids is 1. The van der Waals surface area contributed by atoms with Gasteiger partial charge in [0.05, 0.1) is 5.56 Å². The van der Waals surface area contributed by atoms with Crippen molar-refractivity contribution in [2.24, 2.45) is 0 Å². The molecule has 0 aliphatic carbocycles. The molecule has 0 aliphatic rings. The van der Waals surface area contributed by atoms with Crippen LogP contribution >= 0.6 is 0 Å². The second-order valence-electron chi connectivity index (χ2n) is 2.92. The van der Waals surface area contributed by atoms with Gasteiger partial charge in [0.15, 0.2) is 0 Å². The fraction of sp³-hybridized carbons (Fsp3) is 0.0909. The number of nitrogens with one attached hydrogen (secondary N) is 1. The Bertz CT molecular complexity index is 381. The number of carboxylic acid groups (broad SMARTS) is 1. The van der Waals surface area contributed by atoms with E-state index in [1.54, 1.807) is 12.1 Å². The van der Waals surface area contributed by atoms with Gasteiger partial charge in [0, 0.05) is 6.54 Å². The van der Waals surface area contributed by atoms with E-state index in [9.17, 15) is 9.59 Å². The summed E-state index contributed by atoms with van der Waals surface area (Å²) in [5, 5.41) is 11.2. The van der Waals surface area contributed by atoms with Gasteiger partial charge in [-0.2, -0.15) is 0 Å². The van der Waals surface area contributed by atoms with Gasteiger partial charge in [0.1, 0.15) is 0 Å². The second kappa shape index (κ2) is 4.95. The Labute approximate surface area is 87.2 Å². The van der Waals surface area contributed by atoms with Crippen LogP contribution in [0.15, 0.2) is 36.9 Å². The molecule has 0 spiro atoms. The molecule has 0 saturated carbocycles. The minimum Gasteiger partial charge on any atom is -0.478 e. The monoisotopic (exact) mass is 205 g/mol. The number of rotatable bonds is 4. The average molecular weight is 205 g/mol. The Hall–Kier alpha value is -2.10. The van der Waals surface area contributed by atoms with Crippen LogP contribution in [0.3, 0.4) is 0 Å². The third-order valence-corrected chi connectivity index (χ3v) is 1.85. The number of hydrogen-bond donors (Lipinski definition) is 2. The van der Waals surface area contributed by atoms with E-state index in [4.69, 9.17) is 5.11 Å². The van der Waals surface area contributed by atoms with Crippen LogP contribution in [0.2, 0.25) is 0 Å². The molecule has 0 fully saturated rings. The summed E-state index contributed by atoms with van der Waals surface area (Å²) in [6, 6.07) is 6.31. The van der Waals surface area contributed by atoms with Crippen LogP contribution in [-0.4, -0.2) is 17.0 Å². The summed E-state index contributed by atoms with van der Waals surface area (Å²) in [6.07, 6.45) is 1.19. The highest BCUT2D eigenvalue weighted by Gasteiger charge is 2.01. The maximum atomic E-state index is 10.8. The molecule has 0 saturated heterocycles. The molecule has 1 rings (SSSR count). The van der Waals surface area contributed by atoms with Crippen molar-refractivity contribution in [2.45, 2.75) is 6.54 Å². The van der Waals surface area contributed by atoms with Crippen molar-refractivity contribution in [3.05, 3.63) is 48.0 Å². The second-order valence-corrected chi connectivity index (χ2v) is 2.92. The standard InChI is InChI=1S/C11H11NO3/c1-2-10(13)12-7-8-3-5-9(6-4-8)11(14)15/h2-6H,1,7H2,(H,12,13)(H,14,15). The lowest BCUT2D eigenvalue weighted by atomic mass is 10.1. The number of benzene rings is 1.